The van der Waals surface area contributed by atoms with E-state index >= 15 is 0 Å². The summed E-state index contributed by atoms with van der Waals surface area (Å²) in [5, 5.41) is 0. The van der Waals surface area contributed by atoms with Crippen LogP contribution < -0.4 is 0 Å². The Bertz CT molecular complexity index is 613. The Balaban J connectivity index is 2.06. The minimum atomic E-state index is 0.369. The molecule has 0 N–H and O–H groups in total. The minimum Gasteiger partial charge on any atom is -0.381 e. The number of aromatic nitrogens is 2. The zero-order chi connectivity index (χ0) is 14.1. The fourth-order valence-corrected chi connectivity index (χ4v) is 3.67. The van der Waals surface area contributed by atoms with Gasteiger partial charge in [0.15, 0.2) is 0 Å². The number of hydrogen-bond donors (Lipinski definition) is 0. The summed E-state index contributed by atoms with van der Waals surface area (Å²) in [6.45, 7) is 0. The van der Waals surface area contributed by atoms with E-state index in [2.05, 4.69) is 32.6 Å². The molecule has 0 radical (unpaired) electrons. The van der Waals surface area contributed by atoms with Crippen LogP contribution in [0.4, 0.5) is 0 Å². The molecule has 1 aliphatic rings. The molecule has 0 amide bonds. The second-order valence-corrected chi connectivity index (χ2v) is 6.59. The van der Waals surface area contributed by atoms with Crippen LogP contribution in [0.3, 0.4) is 0 Å². The Morgan fingerprint density at radius 2 is 2.30 bits per heavy atom. The Kier molecular flexibility index (Phi) is 4.34. The molecule has 1 aromatic carbocycles. The van der Waals surface area contributed by atoms with Gasteiger partial charge in [0.2, 0.25) is 0 Å². The van der Waals surface area contributed by atoms with Gasteiger partial charge in [-0.2, -0.15) is 0 Å². The van der Waals surface area contributed by atoms with Crippen LogP contribution in [0, 0.1) is 0 Å². The third kappa shape index (κ3) is 2.61. The highest BCUT2D eigenvalue weighted by Crippen LogP contribution is 2.36. The molecule has 2 unspecified atom stereocenters. The van der Waals surface area contributed by atoms with Gasteiger partial charge in [0, 0.05) is 29.9 Å². The van der Waals surface area contributed by atoms with Crippen LogP contribution in [0.1, 0.15) is 31.1 Å². The summed E-state index contributed by atoms with van der Waals surface area (Å²) in [6.07, 6.45) is 4.50. The van der Waals surface area contributed by atoms with Crippen molar-refractivity contribution in [2.45, 2.75) is 37.8 Å². The van der Waals surface area contributed by atoms with Crippen molar-refractivity contribution < 1.29 is 4.74 Å². The van der Waals surface area contributed by atoms with Crippen LogP contribution in [-0.2, 0) is 11.2 Å². The van der Waals surface area contributed by atoms with Crippen molar-refractivity contribution in [1.82, 2.24) is 9.55 Å². The lowest BCUT2D eigenvalue weighted by Gasteiger charge is -2.17. The maximum atomic E-state index is 5.94. The second kappa shape index (κ2) is 6.04. The van der Waals surface area contributed by atoms with E-state index in [0.29, 0.717) is 18.0 Å². The fourth-order valence-electron chi connectivity index (χ4n) is 3.15. The van der Waals surface area contributed by atoms with Gasteiger partial charge in [-0.15, -0.1) is 11.6 Å². The van der Waals surface area contributed by atoms with Gasteiger partial charge in [0.25, 0.3) is 0 Å². The van der Waals surface area contributed by atoms with Crippen LogP contribution in [0.25, 0.3) is 11.0 Å². The number of benzene rings is 1. The summed E-state index contributed by atoms with van der Waals surface area (Å²) in [5.41, 5.74) is 2.25. The average Bonchev–Trinajstić information content (AvgIpc) is 3.02. The van der Waals surface area contributed by atoms with Crippen molar-refractivity contribution in [3.8, 4) is 0 Å². The van der Waals surface area contributed by atoms with Crippen LogP contribution >= 0.6 is 27.5 Å². The van der Waals surface area contributed by atoms with Gasteiger partial charge >= 0.3 is 0 Å². The Labute approximate surface area is 132 Å². The van der Waals surface area contributed by atoms with Gasteiger partial charge in [-0.05, 0) is 37.5 Å². The van der Waals surface area contributed by atoms with Gasteiger partial charge in [-0.25, -0.2) is 4.98 Å². The van der Waals surface area contributed by atoms with Gasteiger partial charge in [0.1, 0.15) is 5.82 Å². The number of hydrogen-bond acceptors (Lipinski definition) is 2. The predicted molar refractivity (Wildman–Crippen MR) is 85.5 cm³/mol. The predicted octanol–water partition coefficient (Wildman–Crippen LogP) is 4.32. The third-order valence-corrected chi connectivity index (χ3v) is 4.78. The van der Waals surface area contributed by atoms with Gasteiger partial charge < -0.3 is 9.30 Å². The van der Waals surface area contributed by atoms with E-state index in [1.807, 2.05) is 6.07 Å². The number of imidazole rings is 1. The van der Waals surface area contributed by atoms with Gasteiger partial charge in [-0.1, -0.05) is 15.9 Å². The van der Waals surface area contributed by atoms with Crippen molar-refractivity contribution in [3.63, 3.8) is 0 Å². The molecular weight excluding hydrogens is 340 g/mol. The molecular formula is C15H18BrClN2O. The zero-order valence-corrected chi connectivity index (χ0v) is 13.8. The Hall–Kier alpha value is -0.580. The molecule has 2 aromatic rings. The molecule has 1 aromatic heterocycles. The number of halogens is 2. The molecule has 1 aliphatic carbocycles. The summed E-state index contributed by atoms with van der Waals surface area (Å²) < 4.78 is 8.97. The van der Waals surface area contributed by atoms with E-state index in [9.17, 15) is 0 Å². The number of nitrogens with zero attached hydrogens (tertiary/aromatic N) is 2. The summed E-state index contributed by atoms with van der Waals surface area (Å²) in [6, 6.07) is 6.73. The van der Waals surface area contributed by atoms with Crippen molar-refractivity contribution in [2.24, 2.45) is 0 Å². The summed E-state index contributed by atoms with van der Waals surface area (Å²) >= 11 is 9.50. The van der Waals surface area contributed by atoms with Crippen molar-refractivity contribution in [2.75, 3.05) is 13.0 Å². The molecule has 0 bridgehead atoms. The zero-order valence-electron chi connectivity index (χ0n) is 11.5. The maximum Gasteiger partial charge on any atom is 0.111 e. The number of rotatable bonds is 4. The van der Waals surface area contributed by atoms with E-state index < -0.39 is 0 Å². The van der Waals surface area contributed by atoms with Crippen molar-refractivity contribution in [3.05, 3.63) is 28.5 Å². The first-order valence-corrected chi connectivity index (χ1v) is 8.30. The highest BCUT2D eigenvalue weighted by atomic mass is 79.9. The number of alkyl halides is 1. The van der Waals surface area contributed by atoms with E-state index in [1.54, 1.807) is 7.11 Å². The van der Waals surface area contributed by atoms with Crippen LogP contribution in [0.15, 0.2) is 22.7 Å². The molecule has 0 spiro atoms. The monoisotopic (exact) mass is 356 g/mol. The quantitative estimate of drug-likeness (QED) is 0.762. The SMILES string of the molecule is COC1CCC(n2c(CCCl)nc3ccc(Br)cc32)C1. The highest BCUT2D eigenvalue weighted by Gasteiger charge is 2.28. The molecule has 20 heavy (non-hydrogen) atoms. The molecule has 108 valence electrons. The molecule has 1 fully saturated rings. The standard InChI is InChI=1S/C15H18BrClN2O/c1-20-12-4-3-11(9-12)19-14-8-10(16)2-5-13(14)18-15(19)6-7-17/h2,5,8,11-12H,3-4,6-7,9H2,1H3. The highest BCUT2D eigenvalue weighted by molar-refractivity contribution is 9.10. The van der Waals surface area contributed by atoms with Crippen LogP contribution in [0.5, 0.6) is 0 Å². The topological polar surface area (TPSA) is 27.1 Å². The molecule has 1 heterocycles. The first kappa shape index (κ1) is 14.4. The summed E-state index contributed by atoms with van der Waals surface area (Å²) in [5.74, 6) is 1.69. The number of ether oxygens (including phenoxy) is 1. The van der Waals surface area contributed by atoms with Crippen LogP contribution in [-0.4, -0.2) is 28.6 Å². The van der Waals surface area contributed by atoms with Crippen LogP contribution in [0.2, 0.25) is 0 Å². The Morgan fingerprint density at radius 1 is 1.45 bits per heavy atom. The molecule has 3 nitrogen and oxygen atoms in total. The fraction of sp³-hybridized carbons (Fsp3) is 0.533. The molecule has 1 saturated carbocycles. The Morgan fingerprint density at radius 3 is 3.00 bits per heavy atom. The molecule has 0 aliphatic heterocycles. The molecule has 3 rings (SSSR count). The van der Waals surface area contributed by atoms with Gasteiger partial charge in [0.05, 0.1) is 17.1 Å². The lowest BCUT2D eigenvalue weighted by Crippen LogP contribution is -2.12. The third-order valence-electron chi connectivity index (χ3n) is 4.10. The van der Waals surface area contributed by atoms with Gasteiger partial charge in [-0.3, -0.25) is 0 Å². The molecule has 0 saturated heterocycles. The van der Waals surface area contributed by atoms with E-state index in [4.69, 9.17) is 21.3 Å². The van der Waals surface area contributed by atoms with E-state index in [-0.39, 0.29) is 0 Å². The summed E-state index contributed by atoms with van der Waals surface area (Å²) in [7, 11) is 1.80. The number of methoxy groups -OCH3 is 1. The lowest BCUT2D eigenvalue weighted by molar-refractivity contribution is 0.106. The maximum absolute atomic E-state index is 5.94. The number of fused-ring (bicyclic) bond motifs is 1. The van der Waals surface area contributed by atoms with Crippen molar-refractivity contribution in [1.29, 1.82) is 0 Å². The number of aryl methyl sites for hydroxylation is 1. The molecule has 5 heteroatoms. The van der Waals surface area contributed by atoms with E-state index in [0.717, 1.165) is 41.5 Å². The second-order valence-electron chi connectivity index (χ2n) is 5.29. The first-order chi connectivity index (χ1) is 9.72. The lowest BCUT2D eigenvalue weighted by atomic mass is 10.2. The normalized spacial score (nSPS) is 22.8. The minimum absolute atomic E-state index is 0.369. The van der Waals surface area contributed by atoms with E-state index in [1.165, 1.54) is 5.52 Å². The largest absolute Gasteiger partial charge is 0.381 e. The first-order valence-electron chi connectivity index (χ1n) is 6.98. The summed E-state index contributed by atoms with van der Waals surface area (Å²) in [4.78, 5) is 4.76. The van der Waals surface area contributed by atoms with Crippen molar-refractivity contribution >= 4 is 38.6 Å². The smallest absolute Gasteiger partial charge is 0.111 e. The molecule has 2 atom stereocenters. The average molecular weight is 358 g/mol.